The molecule has 0 spiro atoms. The van der Waals surface area contributed by atoms with Gasteiger partial charge in [0.25, 0.3) is 11.8 Å². The lowest BCUT2D eigenvalue weighted by Crippen LogP contribution is -2.46. The third-order valence-electron chi connectivity index (χ3n) is 8.56. The number of amides is 2. The summed E-state index contributed by atoms with van der Waals surface area (Å²) >= 11 is 1.40. The molecule has 3 aliphatic carbocycles. The summed E-state index contributed by atoms with van der Waals surface area (Å²) in [5.74, 6) is -0.966. The topological polar surface area (TPSA) is 108 Å². The van der Waals surface area contributed by atoms with Gasteiger partial charge in [-0.1, -0.05) is 39.0 Å². The number of benzene rings is 1. The molecule has 0 unspecified atom stereocenters. The van der Waals surface area contributed by atoms with E-state index < -0.39 is 5.97 Å². The summed E-state index contributed by atoms with van der Waals surface area (Å²) in [7, 11) is 0. The molecule has 210 valence electrons. The average molecular weight is 552 g/mol. The van der Waals surface area contributed by atoms with Gasteiger partial charge in [-0.2, -0.15) is 0 Å². The lowest BCUT2D eigenvalue weighted by Gasteiger charge is -2.32. The Kier molecular flexibility index (Phi) is 7.61. The zero-order valence-electron chi connectivity index (χ0n) is 23.6. The molecule has 3 N–H and O–H groups in total. The highest BCUT2D eigenvalue weighted by Gasteiger charge is 2.40. The highest BCUT2D eigenvalue weighted by Crippen LogP contribution is 2.49. The second kappa shape index (κ2) is 10.7. The molecule has 0 atom stereocenters. The molecule has 0 aliphatic heterocycles. The molecule has 1 heterocycles. The summed E-state index contributed by atoms with van der Waals surface area (Å²) in [5.41, 5.74) is 3.43. The fraction of sp³-hybridized carbons (Fsp3) is 0.613. The van der Waals surface area contributed by atoms with Crippen molar-refractivity contribution in [1.82, 2.24) is 15.6 Å². The van der Waals surface area contributed by atoms with Gasteiger partial charge in [0.2, 0.25) is 0 Å². The molecule has 0 radical (unpaired) electrons. The molecule has 39 heavy (non-hydrogen) atoms. The number of nitrogens with zero attached hydrogens (tertiary/aromatic N) is 1. The van der Waals surface area contributed by atoms with Crippen LogP contribution in [-0.2, 0) is 16.6 Å². The van der Waals surface area contributed by atoms with Crippen LogP contribution in [0.5, 0.6) is 0 Å². The fourth-order valence-corrected chi connectivity index (χ4v) is 6.77. The molecule has 3 aliphatic rings. The molecule has 5 rings (SSSR count). The van der Waals surface area contributed by atoms with Gasteiger partial charge in [0.05, 0.1) is 16.5 Å². The summed E-state index contributed by atoms with van der Waals surface area (Å²) in [4.78, 5) is 43.5. The van der Waals surface area contributed by atoms with Gasteiger partial charge in [0, 0.05) is 17.1 Å². The minimum atomic E-state index is -0.803. The fourth-order valence-electron chi connectivity index (χ4n) is 5.79. The Morgan fingerprint density at radius 2 is 1.74 bits per heavy atom. The van der Waals surface area contributed by atoms with Crippen molar-refractivity contribution in [2.45, 2.75) is 109 Å². The van der Waals surface area contributed by atoms with Crippen LogP contribution in [0.3, 0.4) is 0 Å². The van der Waals surface area contributed by atoms with Crippen molar-refractivity contribution >= 4 is 29.1 Å². The maximum atomic E-state index is 13.3. The van der Waals surface area contributed by atoms with Crippen molar-refractivity contribution in [3.05, 3.63) is 40.0 Å². The Morgan fingerprint density at radius 3 is 2.36 bits per heavy atom. The summed E-state index contributed by atoms with van der Waals surface area (Å²) in [6.07, 6.45) is 10.0. The van der Waals surface area contributed by atoms with Gasteiger partial charge in [-0.25, -0.2) is 4.98 Å². The van der Waals surface area contributed by atoms with Crippen molar-refractivity contribution in [2.75, 3.05) is 0 Å². The van der Waals surface area contributed by atoms with E-state index in [-0.39, 0.29) is 34.7 Å². The van der Waals surface area contributed by atoms with E-state index in [1.165, 1.54) is 43.4 Å². The number of rotatable bonds is 8. The third-order valence-corrected chi connectivity index (χ3v) is 9.71. The number of thiazole rings is 1. The molecular weight excluding hydrogens is 510 g/mol. The number of carbonyl (C=O) groups excluding carboxylic acids is 2. The Balaban J connectivity index is 1.48. The number of carboxylic acid groups (broad SMARTS) is 1. The molecule has 0 bridgehead atoms. The van der Waals surface area contributed by atoms with Crippen molar-refractivity contribution < 1.29 is 19.5 Å². The standard InChI is InChI=1S/C31H41N3O4S/c1-30(2,3)34-26(35)20-13-19(14-22(15-20)31(4)10-11-31)25-24(12-18-8-6-5-7-9-18)33-28(39-25)27(36)32-23-16-21(17-23)29(37)38/h13-15,18,21,23H,5-12,16-17H2,1-4H3,(H,32,36)(H,34,35)(H,37,38). The van der Waals surface area contributed by atoms with Crippen LogP contribution in [0.1, 0.15) is 117 Å². The van der Waals surface area contributed by atoms with E-state index in [0.29, 0.717) is 29.3 Å². The van der Waals surface area contributed by atoms with Crippen LogP contribution in [0.4, 0.5) is 0 Å². The Bertz CT molecular complexity index is 1260. The number of aromatic nitrogens is 1. The van der Waals surface area contributed by atoms with E-state index in [9.17, 15) is 19.5 Å². The van der Waals surface area contributed by atoms with Crippen LogP contribution >= 0.6 is 11.3 Å². The SMILES string of the molecule is CC(C)(C)NC(=O)c1cc(-c2sc(C(=O)NC3CC(C(=O)O)C3)nc2CC2CCCCC2)cc(C2(C)CC2)c1. The maximum absolute atomic E-state index is 13.3. The molecular formula is C31H41N3O4S. The Hall–Kier alpha value is -2.74. The van der Waals surface area contributed by atoms with E-state index in [2.05, 4.69) is 23.6 Å². The first-order chi connectivity index (χ1) is 18.4. The molecule has 2 amide bonds. The van der Waals surface area contributed by atoms with Gasteiger partial charge in [0.15, 0.2) is 5.01 Å². The molecule has 1 aromatic carbocycles. The van der Waals surface area contributed by atoms with Crippen molar-refractivity contribution in [1.29, 1.82) is 0 Å². The predicted octanol–water partition coefficient (Wildman–Crippen LogP) is 6.11. The molecule has 7 nitrogen and oxygen atoms in total. The molecule has 2 aromatic rings. The number of carboxylic acids is 1. The summed E-state index contributed by atoms with van der Waals surface area (Å²) in [6, 6.07) is 6.06. The van der Waals surface area contributed by atoms with Gasteiger partial charge in [-0.3, -0.25) is 14.4 Å². The number of carbonyl (C=O) groups is 3. The first kappa shape index (κ1) is 27.8. The zero-order chi connectivity index (χ0) is 27.9. The van der Waals surface area contributed by atoms with Gasteiger partial charge >= 0.3 is 5.97 Å². The number of hydrogen-bond acceptors (Lipinski definition) is 5. The Morgan fingerprint density at radius 1 is 1.05 bits per heavy atom. The van der Waals surface area contributed by atoms with Crippen LogP contribution in [-0.4, -0.2) is 39.5 Å². The third kappa shape index (κ3) is 6.53. The van der Waals surface area contributed by atoms with Crippen LogP contribution < -0.4 is 10.6 Å². The quantitative estimate of drug-likeness (QED) is 0.367. The van der Waals surface area contributed by atoms with Crippen LogP contribution in [0.25, 0.3) is 10.4 Å². The maximum Gasteiger partial charge on any atom is 0.306 e. The van der Waals surface area contributed by atoms with E-state index in [0.717, 1.165) is 41.0 Å². The van der Waals surface area contributed by atoms with Crippen LogP contribution in [0.15, 0.2) is 18.2 Å². The molecule has 3 saturated carbocycles. The van der Waals surface area contributed by atoms with E-state index in [1.54, 1.807) is 0 Å². The number of aliphatic carboxylic acids is 1. The van der Waals surface area contributed by atoms with Crippen LogP contribution in [0.2, 0.25) is 0 Å². The van der Waals surface area contributed by atoms with E-state index in [1.807, 2.05) is 32.9 Å². The minimum absolute atomic E-state index is 0.0755. The van der Waals surface area contributed by atoms with Crippen molar-refractivity contribution in [2.24, 2.45) is 11.8 Å². The van der Waals surface area contributed by atoms with Gasteiger partial charge in [-0.05, 0) is 93.5 Å². The predicted molar refractivity (Wildman–Crippen MR) is 153 cm³/mol. The first-order valence-corrected chi connectivity index (χ1v) is 15.2. The molecule has 8 heteroatoms. The molecule has 1 aromatic heterocycles. The smallest absolute Gasteiger partial charge is 0.306 e. The summed E-state index contributed by atoms with van der Waals surface area (Å²) < 4.78 is 0. The van der Waals surface area contributed by atoms with Crippen molar-refractivity contribution in [3.8, 4) is 10.4 Å². The van der Waals surface area contributed by atoms with Gasteiger partial charge < -0.3 is 15.7 Å². The second-order valence-electron chi connectivity index (χ2n) is 13.2. The minimum Gasteiger partial charge on any atom is -0.481 e. The largest absolute Gasteiger partial charge is 0.481 e. The average Bonchev–Trinajstić information content (AvgIpc) is 3.46. The van der Waals surface area contributed by atoms with E-state index >= 15 is 0 Å². The van der Waals surface area contributed by atoms with Gasteiger partial charge in [-0.15, -0.1) is 11.3 Å². The highest BCUT2D eigenvalue weighted by molar-refractivity contribution is 7.17. The normalized spacial score (nSPS) is 22.6. The van der Waals surface area contributed by atoms with Gasteiger partial charge in [0.1, 0.15) is 0 Å². The van der Waals surface area contributed by atoms with E-state index in [4.69, 9.17) is 4.98 Å². The van der Waals surface area contributed by atoms with Crippen LogP contribution in [0, 0.1) is 11.8 Å². The lowest BCUT2D eigenvalue weighted by atomic mass is 9.80. The number of hydrogen-bond donors (Lipinski definition) is 3. The number of nitrogens with one attached hydrogen (secondary N) is 2. The second-order valence-corrected chi connectivity index (χ2v) is 14.2. The molecule has 0 saturated heterocycles. The first-order valence-electron chi connectivity index (χ1n) is 14.4. The highest BCUT2D eigenvalue weighted by atomic mass is 32.1. The molecule has 3 fully saturated rings. The Labute approximate surface area is 235 Å². The lowest BCUT2D eigenvalue weighted by molar-refractivity contribution is -0.145. The van der Waals surface area contributed by atoms with Crippen molar-refractivity contribution in [3.63, 3.8) is 0 Å². The zero-order valence-corrected chi connectivity index (χ0v) is 24.4. The summed E-state index contributed by atoms with van der Waals surface area (Å²) in [6.45, 7) is 8.19. The monoisotopic (exact) mass is 551 g/mol. The summed E-state index contributed by atoms with van der Waals surface area (Å²) in [5, 5.41) is 15.7.